The molecule has 4 aromatic rings. The van der Waals surface area contributed by atoms with Crippen molar-refractivity contribution in [2.24, 2.45) is 36.1 Å². The average Bonchev–Trinajstić information content (AvgIpc) is 3.76. The maximum atomic E-state index is 15.0. The molecule has 2 aromatic carbocycles. The molecule has 0 unspecified atom stereocenters. The summed E-state index contributed by atoms with van der Waals surface area (Å²) in [6.07, 6.45) is 2.45. The van der Waals surface area contributed by atoms with Gasteiger partial charge in [-0.25, -0.2) is 4.90 Å². The zero-order valence-corrected chi connectivity index (χ0v) is 30.6. The van der Waals surface area contributed by atoms with E-state index in [1.807, 2.05) is 44.2 Å². The van der Waals surface area contributed by atoms with Crippen LogP contribution in [0.4, 0.5) is 5.82 Å². The summed E-state index contributed by atoms with van der Waals surface area (Å²) in [6.45, 7) is 5.61. The fourth-order valence-corrected chi connectivity index (χ4v) is 10.7. The Morgan fingerprint density at radius 3 is 2.54 bits per heavy atom. The van der Waals surface area contributed by atoms with E-state index in [-0.39, 0.29) is 49.3 Å². The highest BCUT2D eigenvalue weighted by atomic mass is 35.5. The summed E-state index contributed by atoms with van der Waals surface area (Å²) in [5.41, 5.74) is 2.55. The quantitative estimate of drug-likeness (QED) is 0.164. The molecule has 2 aromatic heterocycles. The standard InChI is InChI=1S/C39H37ClN4O7S/c1-18-14-20(7-11-28(18)45)33-22-9-10-23-32(37(50)43(35(23)48)13-5-6-31(46)47)25(22)16-26-36(49)44(38(51)39(26,33)3)30-17-27(41-42(30)4)34-19(2)24-15-21(40)8-12-29(24)52-34/h7-9,11-12,14-15,17,23,25-26,32-33,45H,5-6,10,13,16H2,1-4H3,(H,46,47)/t23-,25+,26-,32-,33-,39+/m0/s1. The van der Waals surface area contributed by atoms with Crippen molar-refractivity contribution < 1.29 is 34.2 Å². The van der Waals surface area contributed by atoms with Gasteiger partial charge in [0, 0.05) is 41.7 Å². The van der Waals surface area contributed by atoms with Gasteiger partial charge >= 0.3 is 5.97 Å². The number of hydrogen-bond acceptors (Lipinski definition) is 8. The maximum Gasteiger partial charge on any atom is 0.303 e. The summed E-state index contributed by atoms with van der Waals surface area (Å²) in [5, 5.41) is 26.0. The number of carbonyl (C=O) groups excluding carboxylic acids is 4. The monoisotopic (exact) mass is 740 g/mol. The number of carboxylic acids is 1. The number of amides is 4. The smallest absolute Gasteiger partial charge is 0.303 e. The first-order valence-electron chi connectivity index (χ1n) is 17.4. The first kappa shape index (κ1) is 34.3. The molecule has 6 atom stereocenters. The van der Waals surface area contributed by atoms with Crippen molar-refractivity contribution in [3.05, 3.63) is 75.8 Å². The Hall–Kier alpha value is -4.81. The number of phenols is 1. The van der Waals surface area contributed by atoms with Gasteiger partial charge in [0.15, 0.2) is 0 Å². The average molecular weight is 741 g/mol. The molecule has 13 heteroatoms. The molecule has 11 nitrogen and oxygen atoms in total. The molecule has 3 fully saturated rings. The van der Waals surface area contributed by atoms with Crippen LogP contribution in [-0.4, -0.2) is 61.0 Å². The van der Waals surface area contributed by atoms with Crippen molar-refractivity contribution in [2.75, 3.05) is 11.4 Å². The predicted molar refractivity (Wildman–Crippen MR) is 195 cm³/mol. The normalized spacial score (nSPS) is 26.9. The highest BCUT2D eigenvalue weighted by Crippen LogP contribution is 2.63. The minimum Gasteiger partial charge on any atom is -0.508 e. The number of aromatic nitrogens is 2. The Morgan fingerprint density at radius 2 is 1.81 bits per heavy atom. The lowest BCUT2D eigenvalue weighted by Gasteiger charge is -2.49. The van der Waals surface area contributed by atoms with Crippen molar-refractivity contribution >= 4 is 68.4 Å². The molecule has 0 bridgehead atoms. The predicted octanol–water partition coefficient (Wildman–Crippen LogP) is 6.37. The Morgan fingerprint density at radius 1 is 1.04 bits per heavy atom. The summed E-state index contributed by atoms with van der Waals surface area (Å²) in [6, 6.07) is 12.7. The van der Waals surface area contributed by atoms with Crippen molar-refractivity contribution in [3.8, 4) is 16.3 Å². The van der Waals surface area contributed by atoms with E-state index in [9.17, 15) is 29.1 Å². The van der Waals surface area contributed by atoms with Gasteiger partial charge in [-0.3, -0.25) is 33.6 Å². The number of aliphatic carboxylic acids is 1. The topological polar surface area (TPSA) is 150 Å². The van der Waals surface area contributed by atoms with Gasteiger partial charge < -0.3 is 10.2 Å². The van der Waals surface area contributed by atoms with Crippen molar-refractivity contribution in [3.63, 3.8) is 0 Å². The van der Waals surface area contributed by atoms with Crippen LogP contribution < -0.4 is 4.90 Å². The number of rotatable bonds is 7. The van der Waals surface area contributed by atoms with Crippen LogP contribution in [-0.2, 0) is 31.0 Å². The number of aromatic hydroxyl groups is 1. The molecule has 0 radical (unpaired) electrons. The molecule has 8 rings (SSSR count). The highest BCUT2D eigenvalue weighted by Gasteiger charge is 2.68. The molecular formula is C39H37ClN4O7S. The van der Waals surface area contributed by atoms with Crippen LogP contribution >= 0.6 is 22.9 Å². The molecular weight excluding hydrogens is 704 g/mol. The van der Waals surface area contributed by atoms with E-state index in [2.05, 4.69) is 0 Å². The number of nitrogens with zero attached hydrogens (tertiary/aromatic N) is 4. The molecule has 2 aliphatic heterocycles. The van der Waals surface area contributed by atoms with Gasteiger partial charge in [-0.2, -0.15) is 5.10 Å². The van der Waals surface area contributed by atoms with E-state index in [0.29, 0.717) is 28.5 Å². The number of benzene rings is 2. The molecule has 2 N–H and O–H groups in total. The molecule has 2 saturated heterocycles. The number of imide groups is 2. The zero-order valence-electron chi connectivity index (χ0n) is 29.1. The Labute approximate surface area is 308 Å². The molecule has 4 amide bonds. The molecule has 4 aliphatic rings. The Bertz CT molecular complexity index is 2290. The minimum atomic E-state index is -1.25. The third-order valence-corrected chi connectivity index (χ3v) is 13.4. The molecule has 268 valence electrons. The van der Waals surface area contributed by atoms with Crippen LogP contribution in [0.15, 0.2) is 54.1 Å². The first-order chi connectivity index (χ1) is 24.7. The summed E-state index contributed by atoms with van der Waals surface area (Å²) in [4.78, 5) is 71.9. The van der Waals surface area contributed by atoms with Crippen LogP contribution in [0, 0.1) is 42.9 Å². The lowest BCUT2D eigenvalue weighted by molar-refractivity contribution is -0.142. The van der Waals surface area contributed by atoms with Gasteiger partial charge in [0.25, 0.3) is 0 Å². The van der Waals surface area contributed by atoms with E-state index in [4.69, 9.17) is 21.8 Å². The van der Waals surface area contributed by atoms with Crippen molar-refractivity contribution in [1.29, 1.82) is 0 Å². The first-order valence-corrected chi connectivity index (χ1v) is 18.6. The van der Waals surface area contributed by atoms with E-state index in [0.717, 1.165) is 31.7 Å². The minimum absolute atomic E-state index is 0.0150. The summed E-state index contributed by atoms with van der Waals surface area (Å²) in [5.74, 6) is -5.31. The SMILES string of the molecule is Cc1cc([C@H]2C3=CC[C@@H]4C(=O)N(CCCC(=O)O)C(=O)[C@@H]4[C@@H]3C[C@H]3C(=O)N(c4cc(-c5sc6ccc(Cl)cc6c5C)nn4C)C(=O)[C@@]23C)ccc1O. The Kier molecular flexibility index (Phi) is 8.00. The molecule has 4 heterocycles. The highest BCUT2D eigenvalue weighted by molar-refractivity contribution is 7.22. The van der Waals surface area contributed by atoms with Crippen LogP contribution in [0.1, 0.15) is 55.2 Å². The van der Waals surface area contributed by atoms with Crippen LogP contribution in [0.3, 0.4) is 0 Å². The number of allylic oxidation sites excluding steroid dienone is 2. The number of fused-ring (bicyclic) bond motifs is 5. The second kappa shape index (κ2) is 12.1. The Balaban J connectivity index is 1.21. The number of anilines is 1. The second-order valence-corrected chi connectivity index (χ2v) is 16.2. The third-order valence-electron chi connectivity index (χ3n) is 11.9. The lowest BCUT2D eigenvalue weighted by atomic mass is 9.51. The number of aryl methyl sites for hydroxylation is 3. The number of carboxylic acid groups (broad SMARTS) is 1. The number of phenolic OH excluding ortho intramolecular Hbond substituents is 1. The fourth-order valence-electron chi connectivity index (χ4n) is 9.36. The third kappa shape index (κ3) is 4.90. The molecule has 2 aliphatic carbocycles. The van der Waals surface area contributed by atoms with Gasteiger partial charge in [0.1, 0.15) is 17.3 Å². The van der Waals surface area contributed by atoms with Gasteiger partial charge in [-0.1, -0.05) is 35.4 Å². The number of halogens is 1. The van der Waals surface area contributed by atoms with E-state index in [1.54, 1.807) is 48.2 Å². The lowest BCUT2D eigenvalue weighted by Crippen LogP contribution is -2.49. The molecule has 52 heavy (non-hydrogen) atoms. The van der Waals surface area contributed by atoms with Crippen molar-refractivity contribution in [2.45, 2.75) is 52.4 Å². The van der Waals surface area contributed by atoms with E-state index >= 15 is 0 Å². The number of hydrogen-bond donors (Lipinski definition) is 2. The maximum absolute atomic E-state index is 15.0. The largest absolute Gasteiger partial charge is 0.508 e. The van der Waals surface area contributed by atoms with Crippen LogP contribution in [0.5, 0.6) is 5.75 Å². The van der Waals surface area contributed by atoms with E-state index in [1.165, 1.54) is 9.80 Å². The van der Waals surface area contributed by atoms with Gasteiger partial charge in [0.2, 0.25) is 23.6 Å². The zero-order chi connectivity index (χ0) is 37.0. The molecule has 1 saturated carbocycles. The summed E-state index contributed by atoms with van der Waals surface area (Å²) >= 11 is 7.85. The van der Waals surface area contributed by atoms with Gasteiger partial charge in [-0.05, 0) is 92.3 Å². The van der Waals surface area contributed by atoms with Gasteiger partial charge in [-0.15, -0.1) is 11.3 Å². The number of likely N-dealkylation sites (tertiary alicyclic amines) is 1. The fraction of sp³-hybridized carbons (Fsp3) is 0.385. The summed E-state index contributed by atoms with van der Waals surface area (Å²) in [7, 11) is 1.71. The number of carbonyl (C=O) groups is 5. The number of thiophene rings is 1. The van der Waals surface area contributed by atoms with Crippen LogP contribution in [0.2, 0.25) is 5.02 Å². The van der Waals surface area contributed by atoms with Crippen LogP contribution in [0.25, 0.3) is 20.7 Å². The van der Waals surface area contributed by atoms with Crippen molar-refractivity contribution in [1.82, 2.24) is 14.7 Å². The molecule has 0 spiro atoms. The second-order valence-electron chi connectivity index (χ2n) is 14.7. The van der Waals surface area contributed by atoms with Gasteiger partial charge in [0.05, 0.1) is 28.0 Å². The summed E-state index contributed by atoms with van der Waals surface area (Å²) < 4.78 is 2.59. The van der Waals surface area contributed by atoms with E-state index < -0.39 is 46.9 Å².